The van der Waals surface area contributed by atoms with Gasteiger partial charge in [0.2, 0.25) is 5.09 Å². The number of hydrogen-bond acceptors (Lipinski definition) is 4. The van der Waals surface area contributed by atoms with E-state index >= 15 is 0 Å². The van der Waals surface area contributed by atoms with Gasteiger partial charge in [0.1, 0.15) is 5.76 Å². The number of nitrogens with two attached hydrogens (primary N) is 1. The lowest BCUT2D eigenvalue weighted by Crippen LogP contribution is -2.25. The van der Waals surface area contributed by atoms with Gasteiger partial charge in [-0.05, 0) is 37.5 Å². The van der Waals surface area contributed by atoms with Crippen molar-refractivity contribution in [2.45, 2.75) is 37.4 Å². The molecular formula is C15H20N2O3S. The first-order chi connectivity index (χ1) is 9.95. The van der Waals surface area contributed by atoms with Crippen molar-refractivity contribution in [2.75, 3.05) is 0 Å². The minimum Gasteiger partial charge on any atom is -0.447 e. The van der Waals surface area contributed by atoms with E-state index in [4.69, 9.17) is 9.56 Å². The topological polar surface area (TPSA) is 85.3 Å². The highest BCUT2D eigenvalue weighted by atomic mass is 32.2. The van der Waals surface area contributed by atoms with Crippen molar-refractivity contribution in [1.82, 2.24) is 5.32 Å². The van der Waals surface area contributed by atoms with Crippen LogP contribution in [0.25, 0.3) is 0 Å². The zero-order chi connectivity index (χ0) is 15.3. The lowest BCUT2D eigenvalue weighted by atomic mass is 10.1. The Kier molecular flexibility index (Phi) is 5.17. The van der Waals surface area contributed by atoms with Gasteiger partial charge in [0.15, 0.2) is 0 Å². The molecule has 0 amide bonds. The van der Waals surface area contributed by atoms with Crippen LogP contribution in [-0.2, 0) is 23.0 Å². The molecule has 0 bridgehead atoms. The van der Waals surface area contributed by atoms with Crippen LogP contribution in [0, 0.1) is 0 Å². The van der Waals surface area contributed by atoms with Gasteiger partial charge < -0.3 is 9.73 Å². The maximum atomic E-state index is 11.1. The molecule has 1 aromatic carbocycles. The first-order valence-electron chi connectivity index (χ1n) is 6.84. The molecule has 1 atom stereocenters. The summed E-state index contributed by atoms with van der Waals surface area (Å²) in [6.45, 7) is 2.57. The van der Waals surface area contributed by atoms with Crippen molar-refractivity contribution in [3.05, 3.63) is 53.8 Å². The van der Waals surface area contributed by atoms with Gasteiger partial charge in [0.05, 0.1) is 6.54 Å². The Bertz CT molecular complexity index is 665. The molecule has 0 saturated carbocycles. The van der Waals surface area contributed by atoms with Crippen LogP contribution in [0.5, 0.6) is 0 Å². The molecule has 0 radical (unpaired) electrons. The number of aryl methyl sites for hydroxylation is 1. The molecule has 0 spiro atoms. The largest absolute Gasteiger partial charge is 0.447 e. The molecule has 3 N–H and O–H groups in total. The summed E-state index contributed by atoms with van der Waals surface area (Å²) in [4.78, 5) is 0. The van der Waals surface area contributed by atoms with Crippen molar-refractivity contribution in [3.63, 3.8) is 0 Å². The Balaban J connectivity index is 1.79. The van der Waals surface area contributed by atoms with Crippen LogP contribution in [0.2, 0.25) is 0 Å². The van der Waals surface area contributed by atoms with Crippen LogP contribution < -0.4 is 10.5 Å². The van der Waals surface area contributed by atoms with Crippen LogP contribution in [0.3, 0.4) is 0 Å². The van der Waals surface area contributed by atoms with E-state index in [1.807, 2.05) is 18.2 Å². The minimum absolute atomic E-state index is 0.198. The highest BCUT2D eigenvalue weighted by Gasteiger charge is 2.13. The minimum atomic E-state index is -3.76. The average Bonchev–Trinajstić information content (AvgIpc) is 2.93. The summed E-state index contributed by atoms with van der Waals surface area (Å²) >= 11 is 0. The van der Waals surface area contributed by atoms with Crippen LogP contribution in [-0.4, -0.2) is 14.5 Å². The average molecular weight is 308 g/mol. The van der Waals surface area contributed by atoms with Gasteiger partial charge in [-0.15, -0.1) is 0 Å². The second-order valence-corrected chi connectivity index (χ2v) is 6.56. The van der Waals surface area contributed by atoms with Crippen LogP contribution in [0.15, 0.2) is 52.0 Å². The first-order valence-corrected chi connectivity index (χ1v) is 8.38. The molecule has 1 aromatic heterocycles. The summed E-state index contributed by atoms with van der Waals surface area (Å²) in [5, 5.41) is 8.10. The number of rotatable bonds is 7. The highest BCUT2D eigenvalue weighted by molar-refractivity contribution is 7.89. The van der Waals surface area contributed by atoms with E-state index in [0.717, 1.165) is 12.8 Å². The molecule has 21 heavy (non-hydrogen) atoms. The van der Waals surface area contributed by atoms with E-state index in [1.165, 1.54) is 11.6 Å². The molecule has 114 valence electrons. The molecular weight excluding hydrogens is 288 g/mol. The van der Waals surface area contributed by atoms with E-state index in [1.54, 1.807) is 6.07 Å². The van der Waals surface area contributed by atoms with Crippen LogP contribution in [0.1, 0.15) is 24.7 Å². The molecule has 2 aromatic rings. The zero-order valence-electron chi connectivity index (χ0n) is 12.0. The molecule has 0 saturated heterocycles. The smallest absolute Gasteiger partial charge is 0.271 e. The van der Waals surface area contributed by atoms with E-state index in [9.17, 15) is 8.42 Å². The second kappa shape index (κ2) is 6.89. The summed E-state index contributed by atoms with van der Waals surface area (Å²) in [7, 11) is -3.76. The van der Waals surface area contributed by atoms with E-state index in [2.05, 4.69) is 24.4 Å². The van der Waals surface area contributed by atoms with Gasteiger partial charge in [0.25, 0.3) is 10.0 Å². The molecule has 0 fully saturated rings. The molecule has 0 aliphatic carbocycles. The predicted molar refractivity (Wildman–Crippen MR) is 81.1 cm³/mol. The number of sulfonamides is 1. The molecule has 0 aliphatic rings. The summed E-state index contributed by atoms with van der Waals surface area (Å²) < 4.78 is 27.4. The van der Waals surface area contributed by atoms with Gasteiger partial charge in [-0.1, -0.05) is 30.3 Å². The van der Waals surface area contributed by atoms with Crippen molar-refractivity contribution in [1.29, 1.82) is 0 Å². The van der Waals surface area contributed by atoms with Crippen molar-refractivity contribution < 1.29 is 12.8 Å². The summed E-state index contributed by atoms with van der Waals surface area (Å²) in [5.41, 5.74) is 1.31. The van der Waals surface area contributed by atoms with Gasteiger partial charge >= 0.3 is 0 Å². The first kappa shape index (κ1) is 15.8. The Hall–Kier alpha value is -1.63. The number of furan rings is 1. The summed E-state index contributed by atoms with van der Waals surface area (Å²) in [5.74, 6) is 0.561. The van der Waals surface area contributed by atoms with Crippen LogP contribution >= 0.6 is 0 Å². The monoisotopic (exact) mass is 308 g/mol. The van der Waals surface area contributed by atoms with Crippen molar-refractivity contribution in [2.24, 2.45) is 5.14 Å². The third kappa shape index (κ3) is 5.00. The standard InChI is InChI=1S/C15H20N2O3S/c1-12(7-8-13-5-3-2-4-6-13)17-11-14-9-10-15(20-14)21(16,18)19/h2-6,9-10,12,17H,7-8,11H2,1H3,(H2,16,18,19). The van der Waals surface area contributed by atoms with Gasteiger partial charge in [-0.25, -0.2) is 13.6 Å². The van der Waals surface area contributed by atoms with E-state index in [0.29, 0.717) is 18.3 Å². The van der Waals surface area contributed by atoms with Gasteiger partial charge in [-0.3, -0.25) is 0 Å². The maximum absolute atomic E-state index is 11.1. The molecule has 1 unspecified atom stereocenters. The molecule has 6 heteroatoms. The fraction of sp³-hybridized carbons (Fsp3) is 0.333. The fourth-order valence-corrected chi connectivity index (χ4v) is 2.49. The third-order valence-electron chi connectivity index (χ3n) is 3.25. The maximum Gasteiger partial charge on any atom is 0.271 e. The Morgan fingerprint density at radius 2 is 1.90 bits per heavy atom. The Labute approximate surface area is 125 Å². The number of primary sulfonamides is 1. The van der Waals surface area contributed by atoms with Gasteiger partial charge in [0, 0.05) is 6.04 Å². The van der Waals surface area contributed by atoms with Gasteiger partial charge in [-0.2, -0.15) is 0 Å². The second-order valence-electron chi connectivity index (χ2n) is 5.07. The lowest BCUT2D eigenvalue weighted by Gasteiger charge is -2.12. The molecule has 5 nitrogen and oxygen atoms in total. The normalized spacial score (nSPS) is 13.2. The quantitative estimate of drug-likeness (QED) is 0.819. The molecule has 2 rings (SSSR count). The number of benzene rings is 1. The summed E-state index contributed by atoms with van der Waals surface area (Å²) in [6.07, 6.45) is 1.99. The predicted octanol–water partition coefficient (Wildman–Crippen LogP) is 2.04. The van der Waals surface area contributed by atoms with E-state index < -0.39 is 10.0 Å². The number of hydrogen-bond donors (Lipinski definition) is 2. The zero-order valence-corrected chi connectivity index (χ0v) is 12.8. The fourth-order valence-electron chi connectivity index (χ4n) is 2.01. The Morgan fingerprint density at radius 1 is 1.19 bits per heavy atom. The van der Waals surface area contributed by atoms with Crippen molar-refractivity contribution >= 4 is 10.0 Å². The highest BCUT2D eigenvalue weighted by Crippen LogP contribution is 2.12. The van der Waals surface area contributed by atoms with Crippen LogP contribution in [0.4, 0.5) is 0 Å². The molecule has 0 aliphatic heterocycles. The Morgan fingerprint density at radius 3 is 2.52 bits per heavy atom. The SMILES string of the molecule is CC(CCc1ccccc1)NCc1ccc(S(N)(=O)=O)o1. The van der Waals surface area contributed by atoms with E-state index in [-0.39, 0.29) is 5.09 Å². The summed E-state index contributed by atoms with van der Waals surface area (Å²) in [6, 6.07) is 13.6. The number of nitrogens with one attached hydrogen (secondary N) is 1. The molecule has 1 heterocycles. The van der Waals surface area contributed by atoms with Crippen molar-refractivity contribution in [3.8, 4) is 0 Å². The third-order valence-corrected chi connectivity index (χ3v) is 4.03. The lowest BCUT2D eigenvalue weighted by molar-refractivity contribution is 0.388.